The van der Waals surface area contributed by atoms with Crippen LogP contribution in [0, 0.1) is 18.2 Å². The molecule has 0 atom stereocenters. The molecule has 5 heteroatoms. The molecular weight excluding hydrogens is 263 g/mol. The molecule has 0 unspecified atom stereocenters. The normalized spacial score (nSPS) is 11.2. The zero-order valence-corrected chi connectivity index (χ0v) is 12.2. The van der Waals surface area contributed by atoms with E-state index in [2.05, 4.69) is 5.32 Å². The zero-order valence-electron chi connectivity index (χ0n) is 11.4. The maximum atomic E-state index is 13.4. The Kier molecular flexibility index (Phi) is 5.00. The average Bonchev–Trinajstić information content (AvgIpc) is 2.35. The third-order valence-corrected chi connectivity index (χ3v) is 3.93. The van der Waals surface area contributed by atoms with Crippen molar-refractivity contribution in [3.63, 3.8) is 0 Å². The first kappa shape index (κ1) is 15.6. The van der Waals surface area contributed by atoms with Crippen molar-refractivity contribution in [3.8, 4) is 0 Å². The smallest absolute Gasteiger partial charge is 0.237 e. The predicted octanol–water partition coefficient (Wildman–Crippen LogP) is 3.17. The lowest BCUT2D eigenvalue weighted by Gasteiger charge is -2.28. The number of carbonyl (C=O) groups is 1. The number of aryl methyl sites for hydroxylation is 1. The van der Waals surface area contributed by atoms with Crippen LogP contribution >= 0.6 is 12.2 Å². The second kappa shape index (κ2) is 6.10. The van der Waals surface area contributed by atoms with Crippen molar-refractivity contribution >= 4 is 28.8 Å². The second-order valence-corrected chi connectivity index (χ2v) is 5.01. The quantitative estimate of drug-likeness (QED) is 0.816. The van der Waals surface area contributed by atoms with E-state index in [4.69, 9.17) is 18.0 Å². The van der Waals surface area contributed by atoms with Gasteiger partial charge in [0.05, 0.1) is 10.4 Å². The number of benzene rings is 1. The SMILES string of the molecule is CCC(CC)(C(=O)Nc1ccc(C)c(F)c1)C(N)=S. The molecule has 0 aliphatic heterocycles. The van der Waals surface area contributed by atoms with Crippen LogP contribution in [0.2, 0.25) is 0 Å². The fourth-order valence-electron chi connectivity index (χ4n) is 1.95. The van der Waals surface area contributed by atoms with E-state index in [1.165, 1.54) is 6.07 Å². The van der Waals surface area contributed by atoms with E-state index in [1.807, 2.05) is 13.8 Å². The molecule has 0 aliphatic rings. The van der Waals surface area contributed by atoms with Crippen LogP contribution in [0.25, 0.3) is 0 Å². The molecule has 0 aromatic heterocycles. The highest BCUT2D eigenvalue weighted by Crippen LogP contribution is 2.29. The summed E-state index contributed by atoms with van der Waals surface area (Å²) in [5, 5.41) is 2.69. The Labute approximate surface area is 118 Å². The van der Waals surface area contributed by atoms with E-state index < -0.39 is 5.41 Å². The summed E-state index contributed by atoms with van der Waals surface area (Å²) in [6.45, 7) is 5.38. The number of anilines is 1. The first-order valence-corrected chi connectivity index (χ1v) is 6.65. The monoisotopic (exact) mass is 282 g/mol. The summed E-state index contributed by atoms with van der Waals surface area (Å²) >= 11 is 5.01. The van der Waals surface area contributed by atoms with Crippen LogP contribution in [0.5, 0.6) is 0 Å². The first-order valence-electron chi connectivity index (χ1n) is 6.25. The maximum Gasteiger partial charge on any atom is 0.237 e. The van der Waals surface area contributed by atoms with Crippen LogP contribution in [-0.2, 0) is 4.79 Å². The molecule has 0 saturated carbocycles. The molecule has 0 saturated heterocycles. The van der Waals surface area contributed by atoms with E-state index in [0.29, 0.717) is 24.1 Å². The topological polar surface area (TPSA) is 55.1 Å². The molecule has 0 bridgehead atoms. The molecule has 0 spiro atoms. The summed E-state index contributed by atoms with van der Waals surface area (Å²) in [7, 11) is 0. The lowest BCUT2D eigenvalue weighted by atomic mass is 9.81. The summed E-state index contributed by atoms with van der Waals surface area (Å²) in [4.78, 5) is 12.5. The lowest BCUT2D eigenvalue weighted by Crippen LogP contribution is -2.45. The minimum Gasteiger partial charge on any atom is -0.392 e. The van der Waals surface area contributed by atoms with E-state index in [1.54, 1.807) is 19.1 Å². The zero-order chi connectivity index (χ0) is 14.6. The minimum absolute atomic E-state index is 0.169. The van der Waals surface area contributed by atoms with E-state index in [-0.39, 0.29) is 16.7 Å². The van der Waals surface area contributed by atoms with E-state index in [0.717, 1.165) is 0 Å². The van der Waals surface area contributed by atoms with Crippen LogP contribution in [-0.4, -0.2) is 10.9 Å². The maximum absolute atomic E-state index is 13.4. The number of thiocarbonyl (C=S) groups is 1. The van der Waals surface area contributed by atoms with Gasteiger partial charge in [-0.3, -0.25) is 4.79 Å². The highest BCUT2D eigenvalue weighted by molar-refractivity contribution is 7.80. The van der Waals surface area contributed by atoms with Crippen molar-refractivity contribution in [2.24, 2.45) is 11.1 Å². The number of rotatable bonds is 5. The highest BCUT2D eigenvalue weighted by atomic mass is 32.1. The molecule has 0 fully saturated rings. The second-order valence-electron chi connectivity index (χ2n) is 4.57. The Balaban J connectivity index is 3.00. The molecule has 1 aromatic rings. The van der Waals surface area contributed by atoms with Crippen molar-refractivity contribution in [3.05, 3.63) is 29.6 Å². The number of hydrogen-bond donors (Lipinski definition) is 2. The van der Waals surface area contributed by atoms with Gasteiger partial charge in [-0.2, -0.15) is 0 Å². The fourth-order valence-corrected chi connectivity index (χ4v) is 2.33. The Morgan fingerprint density at radius 1 is 1.42 bits per heavy atom. The van der Waals surface area contributed by atoms with Crippen LogP contribution in [0.1, 0.15) is 32.3 Å². The molecule has 0 aliphatic carbocycles. The van der Waals surface area contributed by atoms with Crippen molar-refractivity contribution in [1.29, 1.82) is 0 Å². The number of nitrogens with two attached hydrogens (primary N) is 1. The standard InChI is InChI=1S/C14H19FN2OS/c1-4-14(5-2,12(16)19)13(18)17-10-7-6-9(3)11(15)8-10/h6-8H,4-5H2,1-3H3,(H2,16,19)(H,17,18). The van der Waals surface area contributed by atoms with Crippen molar-refractivity contribution in [1.82, 2.24) is 0 Å². The van der Waals surface area contributed by atoms with Crippen molar-refractivity contribution < 1.29 is 9.18 Å². The number of carbonyl (C=O) groups excluding carboxylic acids is 1. The molecule has 19 heavy (non-hydrogen) atoms. The molecule has 3 nitrogen and oxygen atoms in total. The van der Waals surface area contributed by atoms with Crippen LogP contribution < -0.4 is 11.1 Å². The van der Waals surface area contributed by atoms with Gasteiger partial charge in [0.25, 0.3) is 0 Å². The molecule has 1 aromatic carbocycles. The number of amides is 1. The van der Waals surface area contributed by atoms with Crippen LogP contribution in [0.15, 0.2) is 18.2 Å². The van der Waals surface area contributed by atoms with E-state index in [9.17, 15) is 9.18 Å². The van der Waals surface area contributed by atoms with Gasteiger partial charge < -0.3 is 11.1 Å². The van der Waals surface area contributed by atoms with E-state index >= 15 is 0 Å². The Morgan fingerprint density at radius 2 is 2.00 bits per heavy atom. The van der Waals surface area contributed by atoms with Crippen molar-refractivity contribution in [2.75, 3.05) is 5.32 Å². The molecular formula is C14H19FN2OS. The van der Waals surface area contributed by atoms with Crippen LogP contribution in [0.4, 0.5) is 10.1 Å². The van der Waals surface area contributed by atoms with Gasteiger partial charge in [-0.1, -0.05) is 32.1 Å². The Bertz CT molecular complexity index is 498. The van der Waals surface area contributed by atoms with Gasteiger partial charge >= 0.3 is 0 Å². The third-order valence-electron chi connectivity index (χ3n) is 3.54. The summed E-state index contributed by atoms with van der Waals surface area (Å²) in [6.07, 6.45) is 1.03. The first-order chi connectivity index (χ1) is 8.87. The van der Waals surface area contributed by atoms with Gasteiger partial charge in [-0.15, -0.1) is 0 Å². The highest BCUT2D eigenvalue weighted by Gasteiger charge is 2.38. The van der Waals surface area contributed by atoms with Gasteiger partial charge in [0, 0.05) is 5.69 Å². The summed E-state index contributed by atoms with van der Waals surface area (Å²) in [5.41, 5.74) is 5.76. The molecule has 3 N–H and O–H groups in total. The Morgan fingerprint density at radius 3 is 2.42 bits per heavy atom. The molecule has 1 rings (SSSR count). The number of halogens is 1. The largest absolute Gasteiger partial charge is 0.392 e. The minimum atomic E-state index is -0.878. The van der Waals surface area contributed by atoms with Gasteiger partial charge in [-0.25, -0.2) is 4.39 Å². The molecule has 104 valence electrons. The Hall–Kier alpha value is -1.49. The average molecular weight is 282 g/mol. The van der Waals surface area contributed by atoms with Gasteiger partial charge in [0.1, 0.15) is 5.82 Å². The van der Waals surface area contributed by atoms with Crippen molar-refractivity contribution in [2.45, 2.75) is 33.6 Å². The fraction of sp³-hybridized carbons (Fsp3) is 0.429. The molecule has 0 heterocycles. The third kappa shape index (κ3) is 3.10. The summed E-state index contributed by atoms with van der Waals surface area (Å²) in [6, 6.07) is 4.57. The number of hydrogen-bond acceptors (Lipinski definition) is 2. The predicted molar refractivity (Wildman–Crippen MR) is 79.6 cm³/mol. The summed E-state index contributed by atoms with van der Waals surface area (Å²) < 4.78 is 13.4. The summed E-state index contributed by atoms with van der Waals surface area (Å²) in [5.74, 6) is -0.639. The molecule has 1 amide bonds. The van der Waals surface area contributed by atoms with Crippen LogP contribution in [0.3, 0.4) is 0 Å². The van der Waals surface area contributed by atoms with Gasteiger partial charge in [0.15, 0.2) is 0 Å². The van der Waals surface area contributed by atoms with Gasteiger partial charge in [-0.05, 0) is 37.5 Å². The van der Waals surface area contributed by atoms with Gasteiger partial charge in [0.2, 0.25) is 5.91 Å². The molecule has 0 radical (unpaired) electrons. The lowest BCUT2D eigenvalue weighted by molar-refractivity contribution is -0.122. The number of nitrogens with one attached hydrogen (secondary N) is 1.